The summed E-state index contributed by atoms with van der Waals surface area (Å²) in [6.07, 6.45) is -0.390. The Bertz CT molecular complexity index is 4220. The molecule has 0 aliphatic carbocycles. The van der Waals surface area contributed by atoms with Crippen LogP contribution < -0.4 is 5.32 Å². The van der Waals surface area contributed by atoms with Gasteiger partial charge in [-0.25, -0.2) is 15.0 Å². The third-order valence-corrected chi connectivity index (χ3v) is 13.6. The lowest BCUT2D eigenvalue weighted by Crippen LogP contribution is -2.33. The fourth-order valence-electron chi connectivity index (χ4n) is 10.3. The molecule has 0 spiro atoms. The summed E-state index contributed by atoms with van der Waals surface area (Å²) < 4.78 is 8.83. The van der Waals surface area contributed by atoms with Crippen molar-refractivity contribution in [2.45, 2.75) is 6.17 Å². The molecule has 0 fully saturated rings. The smallest absolute Gasteiger partial charge is 0.159 e. The van der Waals surface area contributed by atoms with Gasteiger partial charge in [-0.1, -0.05) is 182 Å². The van der Waals surface area contributed by atoms with Crippen molar-refractivity contribution in [1.29, 1.82) is 0 Å². The topological polar surface area (TPSA) is 67.7 Å². The van der Waals surface area contributed by atoms with Gasteiger partial charge in [0.1, 0.15) is 23.2 Å². The van der Waals surface area contributed by atoms with Crippen LogP contribution in [0.3, 0.4) is 0 Å². The SMILES string of the molecule is c1ccc(C2=NC(c3ccc4c5cc6c(cc5n(-c5ccc7ccccc7c5)c4c3)c(-c3ccccc3)nc3ccccc36)=NC(c3ccc(-c4cccc5c4oc4ccccc45)cc3)N2)cc1. The Labute approximate surface area is 390 Å². The zero-order valence-corrected chi connectivity index (χ0v) is 36.6. The van der Waals surface area contributed by atoms with Gasteiger partial charge in [-0.2, -0.15) is 0 Å². The van der Waals surface area contributed by atoms with E-state index in [2.05, 4.69) is 204 Å². The molecule has 1 aliphatic heterocycles. The highest BCUT2D eigenvalue weighted by Gasteiger charge is 2.24. The molecule has 1 N–H and O–H groups in total. The quantitative estimate of drug-likeness (QED) is 0.169. The molecule has 0 bridgehead atoms. The van der Waals surface area contributed by atoms with Crippen molar-refractivity contribution >= 4 is 87.9 Å². The number of hydrogen-bond donors (Lipinski definition) is 1. The van der Waals surface area contributed by atoms with Crippen LogP contribution in [0.15, 0.2) is 239 Å². The molecule has 0 saturated heterocycles. The first-order valence-corrected chi connectivity index (χ1v) is 23.0. The molecule has 6 heteroatoms. The lowest BCUT2D eigenvalue weighted by Gasteiger charge is -2.24. The van der Waals surface area contributed by atoms with Gasteiger partial charge < -0.3 is 14.3 Å². The third kappa shape index (κ3) is 6.15. The molecule has 13 aromatic rings. The van der Waals surface area contributed by atoms with Crippen LogP contribution in [0, 0.1) is 0 Å². The van der Waals surface area contributed by atoms with E-state index in [9.17, 15) is 0 Å². The van der Waals surface area contributed by atoms with E-state index in [1.54, 1.807) is 0 Å². The summed E-state index contributed by atoms with van der Waals surface area (Å²) in [5.41, 5.74) is 13.1. The Morgan fingerprint density at radius 2 is 1.15 bits per heavy atom. The van der Waals surface area contributed by atoms with E-state index in [0.29, 0.717) is 5.84 Å². The summed E-state index contributed by atoms with van der Waals surface area (Å²) in [5, 5.41) is 14.0. The number of pyridine rings is 1. The highest BCUT2D eigenvalue weighted by Crippen LogP contribution is 2.41. The number of para-hydroxylation sites is 3. The molecule has 0 saturated carbocycles. The molecule has 1 aliphatic rings. The highest BCUT2D eigenvalue weighted by molar-refractivity contribution is 6.22. The van der Waals surface area contributed by atoms with Crippen LogP contribution in [0.25, 0.3) is 104 Å². The van der Waals surface area contributed by atoms with Gasteiger partial charge in [-0.3, -0.25) is 0 Å². The fraction of sp³-hybridized carbons (Fsp3) is 0.0161. The summed E-state index contributed by atoms with van der Waals surface area (Å²) in [7, 11) is 0. The Balaban J connectivity index is 0.958. The molecule has 14 rings (SSSR count). The van der Waals surface area contributed by atoms with Crippen molar-refractivity contribution in [3.63, 3.8) is 0 Å². The van der Waals surface area contributed by atoms with Gasteiger partial charge >= 0.3 is 0 Å². The Morgan fingerprint density at radius 3 is 2.00 bits per heavy atom. The molecular formula is C62H39N5O. The van der Waals surface area contributed by atoms with Crippen LogP contribution >= 0.6 is 0 Å². The standard InChI is InChI=1S/C62H39N5O/c1-3-15-40(16-4-1)58-53-37-56-52(36-51(53)47-20-9-11-24-54(47)63-58)48-33-31-44(35-55(48)67(56)45-32-30-38-14-7-8-19-43(38)34-45)62-65-60(41-17-5-2-6-18-41)64-61(66-62)42-28-26-39(27-29-42)46-22-13-23-50-49-21-10-12-25-57(49)68-59(46)50/h1-37,61H,(H,64,65,66). The van der Waals surface area contributed by atoms with E-state index in [-0.39, 0.29) is 0 Å². The summed E-state index contributed by atoms with van der Waals surface area (Å²) >= 11 is 0. The monoisotopic (exact) mass is 869 g/mol. The number of nitrogens with one attached hydrogen (secondary N) is 1. The highest BCUT2D eigenvalue weighted by atomic mass is 16.3. The van der Waals surface area contributed by atoms with Crippen molar-refractivity contribution in [3.8, 4) is 28.1 Å². The normalized spacial score (nSPS) is 14.0. The predicted octanol–water partition coefficient (Wildman–Crippen LogP) is 15.4. The van der Waals surface area contributed by atoms with Crippen LogP contribution in [0.1, 0.15) is 22.9 Å². The van der Waals surface area contributed by atoms with Crippen molar-refractivity contribution in [2.75, 3.05) is 0 Å². The summed E-state index contributed by atoms with van der Waals surface area (Å²) in [4.78, 5) is 16.0. The van der Waals surface area contributed by atoms with E-state index >= 15 is 0 Å². The maximum absolute atomic E-state index is 6.42. The minimum absolute atomic E-state index is 0.390. The lowest BCUT2D eigenvalue weighted by molar-refractivity contribution is 0.670. The fourth-order valence-corrected chi connectivity index (χ4v) is 10.3. The Morgan fingerprint density at radius 1 is 0.441 bits per heavy atom. The van der Waals surface area contributed by atoms with Crippen molar-refractivity contribution in [3.05, 3.63) is 241 Å². The van der Waals surface area contributed by atoms with Crippen molar-refractivity contribution in [2.24, 2.45) is 9.98 Å². The molecule has 3 aromatic heterocycles. The van der Waals surface area contributed by atoms with E-state index in [1.807, 2.05) is 30.3 Å². The van der Waals surface area contributed by atoms with Gasteiger partial charge in [0.2, 0.25) is 0 Å². The first kappa shape index (κ1) is 38.2. The first-order chi connectivity index (χ1) is 33.7. The van der Waals surface area contributed by atoms with E-state index in [4.69, 9.17) is 19.4 Å². The lowest BCUT2D eigenvalue weighted by atomic mass is 9.98. The number of rotatable bonds is 6. The number of fused-ring (bicyclic) bond motifs is 10. The summed E-state index contributed by atoms with van der Waals surface area (Å²) in [6.45, 7) is 0. The van der Waals surface area contributed by atoms with Crippen LogP contribution in [-0.2, 0) is 0 Å². The van der Waals surface area contributed by atoms with Gasteiger partial charge in [-0.05, 0) is 69.8 Å². The van der Waals surface area contributed by atoms with Gasteiger partial charge in [-0.15, -0.1) is 0 Å². The second-order valence-corrected chi connectivity index (χ2v) is 17.6. The van der Waals surface area contributed by atoms with Crippen molar-refractivity contribution in [1.82, 2.24) is 14.9 Å². The van der Waals surface area contributed by atoms with E-state index in [1.165, 1.54) is 21.5 Å². The van der Waals surface area contributed by atoms with Gasteiger partial charge in [0, 0.05) is 60.3 Å². The number of benzene rings is 10. The Kier molecular flexibility index (Phi) is 8.55. The second kappa shape index (κ2) is 15.2. The molecule has 318 valence electrons. The predicted molar refractivity (Wildman–Crippen MR) is 281 cm³/mol. The van der Waals surface area contributed by atoms with Crippen LogP contribution in [0.5, 0.6) is 0 Å². The average Bonchev–Trinajstić information content (AvgIpc) is 3.95. The number of amidine groups is 2. The average molecular weight is 870 g/mol. The van der Waals surface area contributed by atoms with Crippen LogP contribution in [0.2, 0.25) is 0 Å². The molecule has 0 radical (unpaired) electrons. The molecule has 10 aromatic carbocycles. The maximum atomic E-state index is 6.42. The molecule has 1 unspecified atom stereocenters. The third-order valence-electron chi connectivity index (χ3n) is 13.6. The minimum Gasteiger partial charge on any atom is -0.455 e. The largest absolute Gasteiger partial charge is 0.455 e. The molecule has 1 atom stereocenters. The van der Waals surface area contributed by atoms with Gasteiger partial charge in [0.25, 0.3) is 0 Å². The van der Waals surface area contributed by atoms with Crippen molar-refractivity contribution < 1.29 is 4.42 Å². The molecule has 0 amide bonds. The Hall–Kier alpha value is -9.13. The number of aliphatic imine (C=N–C) groups is 2. The molecule has 68 heavy (non-hydrogen) atoms. The number of furan rings is 1. The zero-order valence-electron chi connectivity index (χ0n) is 36.6. The number of aromatic nitrogens is 2. The van der Waals surface area contributed by atoms with Gasteiger partial charge in [0.15, 0.2) is 5.84 Å². The van der Waals surface area contributed by atoms with Crippen LogP contribution in [0.4, 0.5) is 0 Å². The molecule has 4 heterocycles. The first-order valence-electron chi connectivity index (χ1n) is 23.0. The summed E-state index contributed by atoms with van der Waals surface area (Å²) in [6, 6.07) is 79.3. The summed E-state index contributed by atoms with van der Waals surface area (Å²) in [5.74, 6) is 1.43. The molecular weight excluding hydrogens is 831 g/mol. The number of nitrogens with zero attached hydrogens (tertiary/aromatic N) is 4. The molecule has 6 nitrogen and oxygen atoms in total. The van der Waals surface area contributed by atoms with Gasteiger partial charge in [0.05, 0.1) is 22.2 Å². The zero-order chi connectivity index (χ0) is 44.7. The van der Waals surface area contributed by atoms with Crippen LogP contribution in [-0.4, -0.2) is 21.2 Å². The maximum Gasteiger partial charge on any atom is 0.159 e. The second-order valence-electron chi connectivity index (χ2n) is 17.6. The van der Waals surface area contributed by atoms with E-state index in [0.717, 1.165) is 105 Å². The number of hydrogen-bond acceptors (Lipinski definition) is 5. The minimum atomic E-state index is -0.390. The van der Waals surface area contributed by atoms with E-state index < -0.39 is 6.17 Å².